The zero-order valence-corrected chi connectivity index (χ0v) is 21.8. The lowest BCUT2D eigenvalue weighted by molar-refractivity contribution is 0.0980. The number of nitrogens with one attached hydrogen (secondary N) is 2. The molecule has 1 aliphatic rings. The van der Waals surface area contributed by atoms with E-state index in [2.05, 4.69) is 20.6 Å². The first-order valence-corrected chi connectivity index (χ1v) is 13.4. The van der Waals surface area contributed by atoms with Crippen LogP contribution < -0.4 is 22.1 Å². The van der Waals surface area contributed by atoms with Gasteiger partial charge in [0.1, 0.15) is 11.7 Å². The highest BCUT2D eigenvalue weighted by Gasteiger charge is 2.36. The Morgan fingerprint density at radius 1 is 0.833 bits per heavy atom. The van der Waals surface area contributed by atoms with Crippen LogP contribution in [0.4, 0.5) is 11.4 Å². The summed E-state index contributed by atoms with van der Waals surface area (Å²) < 4.78 is 0.893. The van der Waals surface area contributed by atoms with Crippen LogP contribution in [0.2, 0.25) is 0 Å². The van der Waals surface area contributed by atoms with Crippen molar-refractivity contribution in [1.82, 2.24) is 0 Å². The number of fused-ring (bicyclic) bond motifs is 3. The van der Waals surface area contributed by atoms with Crippen LogP contribution >= 0.6 is 34.5 Å². The third-order valence-corrected chi connectivity index (χ3v) is 7.22. The lowest BCUT2D eigenvalue weighted by Gasteiger charge is -2.25. The first-order chi connectivity index (χ1) is 17.5. The molecule has 0 radical (unpaired) electrons. The Balaban J connectivity index is 1.76. The van der Waals surface area contributed by atoms with Gasteiger partial charge < -0.3 is 22.1 Å². The van der Waals surface area contributed by atoms with E-state index in [0.29, 0.717) is 77.9 Å². The Labute approximate surface area is 222 Å². The number of nitrogens with zero attached hydrogens (tertiary/aromatic N) is 2. The largest absolute Gasteiger partial charge is 0.386 e. The van der Waals surface area contributed by atoms with Crippen LogP contribution in [0, 0.1) is 0 Å². The highest BCUT2D eigenvalue weighted by molar-refractivity contribution is 7.18. The Morgan fingerprint density at radius 3 is 2.06 bits per heavy atom. The topological polar surface area (TPSA) is 135 Å². The van der Waals surface area contributed by atoms with Crippen molar-refractivity contribution < 1.29 is 9.59 Å². The maximum atomic E-state index is 13.7. The fraction of sp³-hybridized carbons (Fsp3) is 0.280. The molecule has 0 unspecified atom stereocenters. The number of aliphatic imine (C=N–C) groups is 2. The molecule has 3 aromatic rings. The van der Waals surface area contributed by atoms with E-state index in [9.17, 15) is 9.59 Å². The van der Waals surface area contributed by atoms with Gasteiger partial charge in [-0.1, -0.05) is 24.3 Å². The van der Waals surface area contributed by atoms with Crippen molar-refractivity contribution in [2.75, 3.05) is 48.6 Å². The van der Waals surface area contributed by atoms with Crippen molar-refractivity contribution in [3.05, 3.63) is 58.0 Å². The number of ketones is 2. The zero-order valence-electron chi connectivity index (χ0n) is 19.4. The number of anilines is 2. The molecule has 1 heterocycles. The Kier molecular flexibility index (Phi) is 8.45. The van der Waals surface area contributed by atoms with E-state index in [1.807, 2.05) is 11.4 Å². The summed E-state index contributed by atoms with van der Waals surface area (Å²) in [6.45, 7) is 1.85. The summed E-state index contributed by atoms with van der Waals surface area (Å²) in [5, 5.41) is 9.56. The second-order valence-corrected chi connectivity index (χ2v) is 9.54. The molecule has 8 nitrogen and oxygen atoms in total. The van der Waals surface area contributed by atoms with E-state index in [-0.39, 0.29) is 23.3 Å². The van der Waals surface area contributed by atoms with Crippen molar-refractivity contribution in [2.45, 2.75) is 6.42 Å². The molecule has 0 saturated heterocycles. The fourth-order valence-corrected chi connectivity index (χ4v) is 5.23. The minimum atomic E-state index is -0.192. The average Bonchev–Trinajstić information content (AvgIpc) is 3.39. The molecule has 0 saturated carbocycles. The molecule has 6 N–H and O–H groups in total. The number of carbonyl (C=O) groups excluding carboxylic acids is 2. The molecule has 0 spiro atoms. The third-order valence-electron chi connectivity index (χ3n) is 5.74. The molecule has 1 aliphatic carbocycles. The molecular formula is C25H26Cl2N6O2S. The first-order valence-electron chi connectivity index (χ1n) is 11.4. The van der Waals surface area contributed by atoms with Crippen molar-refractivity contribution in [3.8, 4) is 0 Å². The van der Waals surface area contributed by atoms with E-state index in [4.69, 9.17) is 34.7 Å². The van der Waals surface area contributed by atoms with Gasteiger partial charge in [-0.05, 0) is 17.9 Å². The van der Waals surface area contributed by atoms with Crippen LogP contribution in [0.15, 0.2) is 45.7 Å². The van der Waals surface area contributed by atoms with Crippen molar-refractivity contribution in [2.24, 2.45) is 21.5 Å². The average molecular weight is 545 g/mol. The maximum Gasteiger partial charge on any atom is 0.196 e. The van der Waals surface area contributed by atoms with E-state index in [1.165, 1.54) is 11.3 Å². The Hall–Kier alpha value is -3.14. The number of nitrogens with two attached hydrogens (primary N) is 2. The van der Waals surface area contributed by atoms with Gasteiger partial charge in [-0.15, -0.1) is 34.5 Å². The van der Waals surface area contributed by atoms with Gasteiger partial charge in [0.15, 0.2) is 11.6 Å². The summed E-state index contributed by atoms with van der Waals surface area (Å²) in [4.78, 5) is 35.9. The standard InChI is InChI=1S/C25H26Cl2N6O2S/c26-12-17(28)30-7-3-8-32-22-20-19(23(34)14-4-1-2-5-15(14)24(20)35)21(16-6-11-36-25(16)22)33-10-9-31-18(29)13-27/h1-2,4-6,11,32-33H,3,7-10,12-13H2,(H2,28,30)(H2,29,31). The van der Waals surface area contributed by atoms with Crippen molar-refractivity contribution in [1.29, 1.82) is 0 Å². The van der Waals surface area contributed by atoms with Gasteiger partial charge in [-0.2, -0.15) is 0 Å². The number of halogens is 2. The minimum absolute atomic E-state index is 0.151. The van der Waals surface area contributed by atoms with Gasteiger partial charge in [0.25, 0.3) is 0 Å². The van der Waals surface area contributed by atoms with Crippen LogP contribution in [-0.4, -0.2) is 61.2 Å². The van der Waals surface area contributed by atoms with Crippen LogP contribution in [0.5, 0.6) is 0 Å². The van der Waals surface area contributed by atoms with Gasteiger partial charge in [0.05, 0.1) is 45.5 Å². The number of rotatable bonds is 11. The van der Waals surface area contributed by atoms with Crippen LogP contribution in [0.3, 0.4) is 0 Å². The van der Waals surface area contributed by atoms with Gasteiger partial charge in [0, 0.05) is 36.1 Å². The lowest BCUT2D eigenvalue weighted by Crippen LogP contribution is -2.25. The molecule has 0 bridgehead atoms. The highest BCUT2D eigenvalue weighted by Crippen LogP contribution is 2.45. The third kappa shape index (κ3) is 5.18. The summed E-state index contributed by atoms with van der Waals surface area (Å²) in [5.41, 5.74) is 14.2. The van der Waals surface area contributed by atoms with E-state index in [0.717, 1.165) is 10.1 Å². The molecule has 188 valence electrons. The minimum Gasteiger partial charge on any atom is -0.386 e. The predicted octanol–water partition coefficient (Wildman–Crippen LogP) is 4.08. The van der Waals surface area contributed by atoms with E-state index in [1.54, 1.807) is 24.3 Å². The van der Waals surface area contributed by atoms with Gasteiger partial charge >= 0.3 is 0 Å². The zero-order chi connectivity index (χ0) is 25.7. The van der Waals surface area contributed by atoms with Crippen molar-refractivity contribution >= 4 is 79.2 Å². The van der Waals surface area contributed by atoms with Gasteiger partial charge in [0.2, 0.25) is 0 Å². The van der Waals surface area contributed by atoms with Crippen molar-refractivity contribution in [3.63, 3.8) is 0 Å². The Bertz CT molecular complexity index is 1370. The highest BCUT2D eigenvalue weighted by atomic mass is 35.5. The molecule has 0 fully saturated rings. The Morgan fingerprint density at radius 2 is 1.42 bits per heavy atom. The second-order valence-electron chi connectivity index (χ2n) is 8.09. The summed E-state index contributed by atoms with van der Waals surface area (Å²) in [7, 11) is 0. The molecular weight excluding hydrogens is 519 g/mol. The molecule has 11 heteroatoms. The molecule has 0 atom stereocenters. The van der Waals surface area contributed by atoms with Gasteiger partial charge in [-0.25, -0.2) is 0 Å². The number of carbonyl (C=O) groups is 2. The van der Waals surface area contributed by atoms with E-state index >= 15 is 0 Å². The SMILES string of the molecule is NC(CCl)=NCCCNc1c2c(c(NCCN=C(N)CCl)c3ccsc13)C(=O)c1ccccc1C2=O. The van der Waals surface area contributed by atoms with Gasteiger partial charge in [-0.3, -0.25) is 19.6 Å². The fourth-order valence-electron chi connectivity index (χ4n) is 4.13. The molecule has 2 aromatic carbocycles. The number of hydrogen-bond acceptors (Lipinski definition) is 7. The lowest BCUT2D eigenvalue weighted by atomic mass is 9.81. The molecule has 36 heavy (non-hydrogen) atoms. The number of thiophene rings is 1. The van der Waals surface area contributed by atoms with Crippen LogP contribution in [0.1, 0.15) is 38.3 Å². The predicted molar refractivity (Wildman–Crippen MR) is 151 cm³/mol. The summed E-state index contributed by atoms with van der Waals surface area (Å²) in [5.74, 6) is 0.693. The van der Waals surface area contributed by atoms with Crippen LogP contribution in [0.25, 0.3) is 10.1 Å². The summed E-state index contributed by atoms with van der Waals surface area (Å²) in [6.07, 6.45) is 0.679. The normalized spacial score (nSPS) is 13.6. The van der Waals surface area contributed by atoms with Crippen LogP contribution in [-0.2, 0) is 0 Å². The number of alkyl halides is 2. The molecule has 4 rings (SSSR count). The molecule has 0 aliphatic heterocycles. The summed E-state index contributed by atoms with van der Waals surface area (Å²) in [6, 6.07) is 8.87. The second kappa shape index (κ2) is 11.7. The monoisotopic (exact) mass is 544 g/mol. The quantitative estimate of drug-likeness (QED) is 0.0738. The molecule has 1 aromatic heterocycles. The molecule has 0 amide bonds. The maximum absolute atomic E-state index is 13.7. The first kappa shape index (κ1) is 25.9. The number of hydrogen-bond donors (Lipinski definition) is 4. The smallest absolute Gasteiger partial charge is 0.196 e. The number of benzene rings is 2. The van der Waals surface area contributed by atoms with E-state index < -0.39 is 0 Å². The summed E-state index contributed by atoms with van der Waals surface area (Å²) >= 11 is 12.9. The number of amidine groups is 2.